The van der Waals surface area contributed by atoms with Gasteiger partial charge >= 0.3 is 0 Å². The first-order valence-corrected chi connectivity index (χ1v) is 6.83. The number of hydrogen-bond donors (Lipinski definition) is 1. The summed E-state index contributed by atoms with van der Waals surface area (Å²) in [5.74, 6) is -1.43. The van der Waals surface area contributed by atoms with Crippen LogP contribution in [-0.2, 0) is 4.79 Å². The van der Waals surface area contributed by atoms with Gasteiger partial charge in [0.15, 0.2) is 0 Å². The molecule has 6 heteroatoms. The fraction of sp³-hybridized carbons (Fsp3) is 0.125. The zero-order valence-corrected chi connectivity index (χ0v) is 11.3. The molecule has 2 unspecified atom stereocenters. The van der Waals surface area contributed by atoms with Gasteiger partial charge in [0.1, 0.15) is 23.5 Å². The van der Waals surface area contributed by atoms with Gasteiger partial charge in [-0.05, 0) is 18.2 Å². The average Bonchev–Trinajstić information content (AvgIpc) is 2.85. The summed E-state index contributed by atoms with van der Waals surface area (Å²) in [6.45, 7) is 0. The van der Waals surface area contributed by atoms with Crippen molar-refractivity contribution in [2.45, 2.75) is 12.1 Å². The Hall–Kier alpha value is -2.76. The van der Waals surface area contributed by atoms with Gasteiger partial charge in [-0.2, -0.15) is 0 Å². The Morgan fingerprint density at radius 1 is 1.18 bits per heavy atom. The molecule has 22 heavy (non-hydrogen) atoms. The molecule has 110 valence electrons. The highest BCUT2D eigenvalue weighted by atomic mass is 19.1. The third-order valence-electron chi connectivity index (χ3n) is 3.91. The smallest absolute Gasteiger partial charge is 0.256 e. The van der Waals surface area contributed by atoms with Crippen LogP contribution in [0, 0.1) is 11.6 Å². The van der Waals surface area contributed by atoms with Crippen molar-refractivity contribution in [1.29, 1.82) is 0 Å². The molecule has 1 fully saturated rings. The number of carbonyl (C=O) groups excluding carboxylic acids is 1. The molecular formula is C16H11F2N3O. The number of benzene rings is 1. The highest BCUT2D eigenvalue weighted by Gasteiger charge is 2.44. The van der Waals surface area contributed by atoms with E-state index in [-0.39, 0.29) is 11.6 Å². The second-order valence-electron chi connectivity index (χ2n) is 5.18. The van der Waals surface area contributed by atoms with Gasteiger partial charge in [0, 0.05) is 0 Å². The molecule has 4 rings (SSSR count). The molecule has 1 aromatic rings. The molecule has 1 aliphatic carbocycles. The van der Waals surface area contributed by atoms with Crippen LogP contribution in [0.15, 0.2) is 59.5 Å². The number of carbonyl (C=O) groups is 1. The van der Waals surface area contributed by atoms with Crippen LogP contribution in [0.2, 0.25) is 0 Å². The Morgan fingerprint density at radius 3 is 2.73 bits per heavy atom. The molecule has 1 amide bonds. The largest absolute Gasteiger partial charge is 0.355 e. The van der Waals surface area contributed by atoms with E-state index >= 15 is 0 Å². The van der Waals surface area contributed by atoms with E-state index in [0.717, 1.165) is 17.8 Å². The fourth-order valence-electron chi connectivity index (χ4n) is 2.90. The summed E-state index contributed by atoms with van der Waals surface area (Å²) in [4.78, 5) is 18.4. The van der Waals surface area contributed by atoms with Gasteiger partial charge < -0.3 is 5.32 Å². The summed E-state index contributed by atoms with van der Waals surface area (Å²) < 4.78 is 27.9. The van der Waals surface area contributed by atoms with E-state index in [0.29, 0.717) is 5.82 Å². The Morgan fingerprint density at radius 2 is 1.95 bits per heavy atom. The minimum absolute atomic E-state index is 0.264. The summed E-state index contributed by atoms with van der Waals surface area (Å²) in [6, 6.07) is 2.14. The maximum absolute atomic E-state index is 14.0. The highest BCUT2D eigenvalue weighted by Crippen LogP contribution is 2.33. The number of fused-ring (bicyclic) bond motifs is 3. The van der Waals surface area contributed by atoms with Crippen LogP contribution in [-0.4, -0.2) is 22.6 Å². The minimum Gasteiger partial charge on any atom is -0.355 e. The van der Waals surface area contributed by atoms with E-state index in [9.17, 15) is 13.6 Å². The summed E-state index contributed by atoms with van der Waals surface area (Å²) >= 11 is 0. The topological polar surface area (TPSA) is 44.7 Å². The summed E-state index contributed by atoms with van der Waals surface area (Å²) in [5, 5.41) is 2.87. The minimum atomic E-state index is -1.08. The first-order chi connectivity index (χ1) is 10.7. The van der Waals surface area contributed by atoms with E-state index in [1.54, 1.807) is 0 Å². The maximum Gasteiger partial charge on any atom is 0.256 e. The number of nitrogens with one attached hydrogen (secondary N) is 1. The molecule has 0 saturated carbocycles. The number of rotatable bonds is 1. The first-order valence-electron chi connectivity index (χ1n) is 6.83. The lowest BCUT2D eigenvalue weighted by molar-refractivity contribution is -0.128. The van der Waals surface area contributed by atoms with E-state index in [1.165, 1.54) is 17.2 Å². The second-order valence-corrected chi connectivity index (χ2v) is 5.18. The Balaban J connectivity index is 1.76. The summed E-state index contributed by atoms with van der Waals surface area (Å²) in [6.07, 6.45) is 8.78. The molecule has 2 heterocycles. The number of amides is 1. The molecule has 2 aliphatic heterocycles. The molecular weight excluding hydrogens is 288 g/mol. The van der Waals surface area contributed by atoms with Crippen LogP contribution in [0.4, 0.5) is 8.78 Å². The summed E-state index contributed by atoms with van der Waals surface area (Å²) in [7, 11) is 0. The van der Waals surface area contributed by atoms with E-state index in [2.05, 4.69) is 10.3 Å². The van der Waals surface area contributed by atoms with Gasteiger partial charge in [-0.1, -0.05) is 24.3 Å². The number of allylic oxidation sites excluding steroid dienone is 2. The van der Waals surface area contributed by atoms with Crippen molar-refractivity contribution in [2.75, 3.05) is 0 Å². The van der Waals surface area contributed by atoms with Crippen molar-refractivity contribution in [3.8, 4) is 0 Å². The number of halogens is 2. The van der Waals surface area contributed by atoms with E-state index in [4.69, 9.17) is 0 Å². The maximum atomic E-state index is 14.0. The van der Waals surface area contributed by atoms with Gasteiger partial charge in [-0.15, -0.1) is 0 Å². The summed E-state index contributed by atoms with van der Waals surface area (Å²) in [5.41, 5.74) is 0.454. The van der Waals surface area contributed by atoms with Gasteiger partial charge in [0.05, 0.1) is 23.5 Å². The molecule has 3 aliphatic rings. The van der Waals surface area contributed by atoms with Gasteiger partial charge in [0.2, 0.25) is 0 Å². The zero-order chi connectivity index (χ0) is 15.3. The van der Waals surface area contributed by atoms with Crippen LogP contribution < -0.4 is 5.32 Å². The van der Waals surface area contributed by atoms with Crippen molar-refractivity contribution in [3.63, 3.8) is 0 Å². The van der Waals surface area contributed by atoms with Crippen molar-refractivity contribution >= 4 is 11.6 Å². The molecule has 1 N–H and O–H groups in total. The van der Waals surface area contributed by atoms with Crippen LogP contribution in [0.25, 0.3) is 0 Å². The van der Waals surface area contributed by atoms with Crippen LogP contribution in [0.5, 0.6) is 0 Å². The SMILES string of the molecule is O=C1C(c2c(F)cccc2F)NC2=CN=C3C=CC=CC3N12. The van der Waals surface area contributed by atoms with Crippen molar-refractivity contribution in [1.82, 2.24) is 10.2 Å². The molecule has 0 radical (unpaired) electrons. The quantitative estimate of drug-likeness (QED) is 0.864. The highest BCUT2D eigenvalue weighted by molar-refractivity contribution is 6.06. The number of nitrogens with zero attached hydrogens (tertiary/aromatic N) is 2. The number of hydrogen-bond acceptors (Lipinski definition) is 3. The van der Waals surface area contributed by atoms with Crippen LogP contribution >= 0.6 is 0 Å². The zero-order valence-electron chi connectivity index (χ0n) is 11.3. The van der Waals surface area contributed by atoms with Gasteiger partial charge in [-0.3, -0.25) is 14.7 Å². The monoisotopic (exact) mass is 299 g/mol. The normalized spacial score (nSPS) is 25.4. The van der Waals surface area contributed by atoms with Crippen molar-refractivity contribution < 1.29 is 13.6 Å². The van der Waals surface area contributed by atoms with E-state index in [1.807, 2.05) is 24.3 Å². The van der Waals surface area contributed by atoms with Crippen LogP contribution in [0.1, 0.15) is 11.6 Å². The van der Waals surface area contributed by atoms with Crippen LogP contribution in [0.3, 0.4) is 0 Å². The number of aliphatic imine (C=N–C) groups is 1. The second kappa shape index (κ2) is 4.62. The standard InChI is InChI=1S/C16H11F2N3O/c17-9-4-3-5-10(18)14(9)15-16(22)21-12-7-2-1-6-11(12)19-8-13(21)20-15/h1-8,12,15,20H. The molecule has 1 saturated heterocycles. The Bertz CT molecular complexity index is 774. The molecule has 0 bridgehead atoms. The predicted molar refractivity (Wildman–Crippen MR) is 76.7 cm³/mol. The van der Waals surface area contributed by atoms with Crippen molar-refractivity contribution in [2.24, 2.45) is 4.99 Å². The lowest BCUT2D eigenvalue weighted by atomic mass is 10.0. The molecule has 2 atom stereocenters. The van der Waals surface area contributed by atoms with E-state index < -0.39 is 23.6 Å². The molecule has 4 nitrogen and oxygen atoms in total. The first kappa shape index (κ1) is 12.9. The Kier molecular flexibility index (Phi) is 2.72. The molecule has 0 spiro atoms. The predicted octanol–water partition coefficient (Wildman–Crippen LogP) is 2.19. The lowest BCUT2D eigenvalue weighted by Gasteiger charge is -2.29. The van der Waals surface area contributed by atoms with Gasteiger partial charge in [0.25, 0.3) is 5.91 Å². The third kappa shape index (κ3) is 1.73. The fourth-order valence-corrected chi connectivity index (χ4v) is 2.90. The van der Waals surface area contributed by atoms with Crippen molar-refractivity contribution in [3.05, 3.63) is 71.7 Å². The molecule has 1 aromatic carbocycles. The lowest BCUT2D eigenvalue weighted by Crippen LogP contribution is -2.42. The van der Waals surface area contributed by atoms with Gasteiger partial charge in [-0.25, -0.2) is 8.78 Å². The average molecular weight is 299 g/mol. The third-order valence-corrected chi connectivity index (χ3v) is 3.91. The Labute approximate surface area is 125 Å². The molecule has 0 aromatic heterocycles.